The van der Waals surface area contributed by atoms with Crippen molar-refractivity contribution in [1.29, 1.82) is 0 Å². The molecular weight excluding hydrogens is 270 g/mol. The number of carboxylic acid groups (broad SMARTS) is 1. The van der Waals surface area contributed by atoms with Gasteiger partial charge in [-0.05, 0) is 24.5 Å². The summed E-state index contributed by atoms with van der Waals surface area (Å²) >= 11 is 5.90. The van der Waals surface area contributed by atoms with Crippen molar-refractivity contribution in [3.63, 3.8) is 0 Å². The zero-order valence-corrected chi connectivity index (χ0v) is 11.6. The summed E-state index contributed by atoms with van der Waals surface area (Å²) in [5.74, 6) is 0.504. The van der Waals surface area contributed by atoms with Crippen LogP contribution in [0.5, 0.6) is 5.75 Å². The Hall–Kier alpha value is -1.53. The van der Waals surface area contributed by atoms with Crippen molar-refractivity contribution in [1.82, 2.24) is 15.0 Å². The van der Waals surface area contributed by atoms with Crippen LogP contribution in [0.1, 0.15) is 24.4 Å². The van der Waals surface area contributed by atoms with Gasteiger partial charge in [0.15, 0.2) is 10.9 Å². The van der Waals surface area contributed by atoms with Gasteiger partial charge < -0.3 is 9.84 Å². The summed E-state index contributed by atoms with van der Waals surface area (Å²) in [5.41, 5.74) is 0.909. The van der Waals surface area contributed by atoms with E-state index in [2.05, 4.69) is 4.98 Å². The number of hydrazine groups is 1. The quantitative estimate of drug-likeness (QED) is 0.864. The van der Waals surface area contributed by atoms with Crippen molar-refractivity contribution in [3.05, 3.63) is 23.0 Å². The van der Waals surface area contributed by atoms with Gasteiger partial charge in [0.1, 0.15) is 0 Å². The number of pyridine rings is 1. The third-order valence-electron chi connectivity index (χ3n) is 3.32. The Morgan fingerprint density at radius 2 is 2.42 bits per heavy atom. The maximum atomic E-state index is 11.1. The first-order chi connectivity index (χ1) is 9.04. The van der Waals surface area contributed by atoms with Crippen molar-refractivity contribution in [2.45, 2.75) is 18.9 Å². The number of ether oxygens (including phenoxy) is 1. The van der Waals surface area contributed by atoms with Crippen LogP contribution < -0.4 is 4.74 Å². The first-order valence-corrected chi connectivity index (χ1v) is 6.35. The lowest BCUT2D eigenvalue weighted by Crippen LogP contribution is -2.42. The molecule has 2 rings (SSSR count). The number of hydrogen-bond acceptors (Lipinski definition) is 4. The fraction of sp³-hybridized carbons (Fsp3) is 0.500. The molecule has 0 saturated carbocycles. The fourth-order valence-electron chi connectivity index (χ4n) is 2.33. The van der Waals surface area contributed by atoms with Crippen LogP contribution in [0.25, 0.3) is 0 Å². The van der Waals surface area contributed by atoms with Crippen LogP contribution in [0.15, 0.2) is 12.3 Å². The van der Waals surface area contributed by atoms with Gasteiger partial charge in [0.2, 0.25) is 0 Å². The predicted octanol–water partition coefficient (Wildman–Crippen LogP) is 2.41. The van der Waals surface area contributed by atoms with Crippen molar-refractivity contribution in [2.24, 2.45) is 0 Å². The molecule has 19 heavy (non-hydrogen) atoms. The van der Waals surface area contributed by atoms with E-state index < -0.39 is 6.09 Å². The molecule has 1 aliphatic heterocycles. The molecule has 0 aromatic carbocycles. The molecule has 1 N–H and O–H groups in total. The maximum absolute atomic E-state index is 11.1. The summed E-state index contributed by atoms with van der Waals surface area (Å²) in [6.45, 7) is 0.707. The molecule has 1 aromatic rings. The van der Waals surface area contributed by atoms with Gasteiger partial charge in [-0.25, -0.2) is 19.8 Å². The Labute approximate surface area is 116 Å². The molecule has 1 amide bonds. The first-order valence-electron chi connectivity index (χ1n) is 5.97. The van der Waals surface area contributed by atoms with Crippen LogP contribution in [0.2, 0.25) is 5.15 Å². The number of rotatable bonds is 3. The Morgan fingerprint density at radius 1 is 1.68 bits per heavy atom. The van der Waals surface area contributed by atoms with Gasteiger partial charge in [0.05, 0.1) is 13.2 Å². The second-order valence-corrected chi connectivity index (χ2v) is 4.75. The molecule has 1 aliphatic rings. The smallest absolute Gasteiger partial charge is 0.421 e. The van der Waals surface area contributed by atoms with Gasteiger partial charge in [0, 0.05) is 19.8 Å². The molecule has 2 heterocycles. The highest BCUT2D eigenvalue weighted by atomic mass is 35.5. The molecule has 1 saturated heterocycles. The van der Waals surface area contributed by atoms with E-state index in [0.717, 1.165) is 18.4 Å². The average Bonchev–Trinajstić information content (AvgIpc) is 2.87. The summed E-state index contributed by atoms with van der Waals surface area (Å²) in [6.07, 6.45) is 2.52. The minimum Gasteiger partial charge on any atom is -0.494 e. The molecule has 0 bridgehead atoms. The van der Waals surface area contributed by atoms with E-state index in [0.29, 0.717) is 17.4 Å². The Balaban J connectivity index is 2.27. The van der Waals surface area contributed by atoms with Gasteiger partial charge in [-0.2, -0.15) is 0 Å². The highest BCUT2D eigenvalue weighted by Crippen LogP contribution is 2.35. The molecule has 0 aliphatic carbocycles. The fourth-order valence-corrected chi connectivity index (χ4v) is 2.51. The Bertz CT molecular complexity index is 483. The molecule has 104 valence electrons. The molecule has 1 atom stereocenters. The Morgan fingerprint density at radius 3 is 3.05 bits per heavy atom. The number of amides is 1. The SMILES string of the molecule is COc1cc(C2CCCN2N(C)C(=O)O)cnc1Cl. The van der Waals surface area contributed by atoms with E-state index in [1.165, 1.54) is 12.1 Å². The number of halogens is 1. The van der Waals surface area contributed by atoms with Crippen LogP contribution in [-0.2, 0) is 0 Å². The van der Waals surface area contributed by atoms with Gasteiger partial charge in [-0.1, -0.05) is 11.6 Å². The van der Waals surface area contributed by atoms with E-state index >= 15 is 0 Å². The van der Waals surface area contributed by atoms with E-state index in [-0.39, 0.29) is 6.04 Å². The van der Waals surface area contributed by atoms with Gasteiger partial charge in [-0.3, -0.25) is 0 Å². The van der Waals surface area contributed by atoms with E-state index in [9.17, 15) is 4.79 Å². The highest BCUT2D eigenvalue weighted by Gasteiger charge is 2.31. The highest BCUT2D eigenvalue weighted by molar-refractivity contribution is 6.30. The molecule has 0 spiro atoms. The van der Waals surface area contributed by atoms with Crippen LogP contribution in [0.4, 0.5) is 4.79 Å². The third-order valence-corrected chi connectivity index (χ3v) is 3.60. The monoisotopic (exact) mass is 285 g/mol. The summed E-state index contributed by atoms with van der Waals surface area (Å²) in [4.78, 5) is 15.1. The lowest BCUT2D eigenvalue weighted by atomic mass is 10.1. The molecule has 7 heteroatoms. The standard InChI is InChI=1S/C12H16ClN3O3/c1-15(12(17)18)16-5-3-4-9(16)8-6-10(19-2)11(13)14-7-8/h6-7,9H,3-5H2,1-2H3,(H,17,18). The van der Waals surface area contributed by atoms with Crippen molar-refractivity contribution >= 4 is 17.7 Å². The number of hydrogen-bond donors (Lipinski definition) is 1. The second kappa shape index (κ2) is 5.63. The van der Waals surface area contributed by atoms with Crippen molar-refractivity contribution < 1.29 is 14.6 Å². The summed E-state index contributed by atoms with van der Waals surface area (Å²) in [7, 11) is 3.07. The van der Waals surface area contributed by atoms with Crippen molar-refractivity contribution in [2.75, 3.05) is 20.7 Å². The predicted molar refractivity (Wildman–Crippen MR) is 70.3 cm³/mol. The summed E-state index contributed by atoms with van der Waals surface area (Å²) in [6, 6.07) is 1.80. The van der Waals surface area contributed by atoms with Crippen LogP contribution in [0, 0.1) is 0 Å². The summed E-state index contributed by atoms with van der Waals surface area (Å²) < 4.78 is 5.15. The average molecular weight is 286 g/mol. The topological polar surface area (TPSA) is 65.9 Å². The van der Waals surface area contributed by atoms with E-state index in [4.69, 9.17) is 21.4 Å². The van der Waals surface area contributed by atoms with Gasteiger partial charge >= 0.3 is 6.09 Å². The van der Waals surface area contributed by atoms with Crippen molar-refractivity contribution in [3.8, 4) is 5.75 Å². The Kier molecular flexibility index (Phi) is 4.11. The number of nitrogens with zero attached hydrogens (tertiary/aromatic N) is 3. The zero-order chi connectivity index (χ0) is 14.0. The van der Waals surface area contributed by atoms with Gasteiger partial charge in [0.25, 0.3) is 0 Å². The zero-order valence-electron chi connectivity index (χ0n) is 10.8. The normalized spacial score (nSPS) is 19.4. The second-order valence-electron chi connectivity index (χ2n) is 4.39. The summed E-state index contributed by atoms with van der Waals surface area (Å²) in [5, 5.41) is 12.4. The molecular formula is C12H16ClN3O3. The van der Waals surface area contributed by atoms with Gasteiger partial charge in [-0.15, -0.1) is 0 Å². The molecule has 6 nitrogen and oxygen atoms in total. The largest absolute Gasteiger partial charge is 0.494 e. The molecule has 1 aromatic heterocycles. The minimum atomic E-state index is -0.971. The van der Waals surface area contributed by atoms with E-state index in [1.54, 1.807) is 13.2 Å². The third kappa shape index (κ3) is 2.74. The molecule has 0 radical (unpaired) electrons. The lowest BCUT2D eigenvalue weighted by molar-refractivity contribution is -0.000266. The minimum absolute atomic E-state index is 0.0141. The first kappa shape index (κ1) is 13.9. The number of carbonyl (C=O) groups is 1. The maximum Gasteiger partial charge on any atom is 0.421 e. The lowest BCUT2D eigenvalue weighted by Gasteiger charge is -2.31. The van der Waals surface area contributed by atoms with Crippen LogP contribution in [-0.4, -0.2) is 46.9 Å². The molecule has 1 fully saturated rings. The van der Waals surface area contributed by atoms with Crippen LogP contribution >= 0.6 is 11.6 Å². The number of aromatic nitrogens is 1. The number of methoxy groups -OCH3 is 1. The molecule has 1 unspecified atom stereocenters. The van der Waals surface area contributed by atoms with Crippen LogP contribution in [0.3, 0.4) is 0 Å². The van der Waals surface area contributed by atoms with E-state index in [1.807, 2.05) is 11.1 Å².